The fourth-order valence-corrected chi connectivity index (χ4v) is 1.66. The molecule has 16 heavy (non-hydrogen) atoms. The number of nitro groups is 1. The maximum absolute atomic E-state index is 11.0. The third-order valence-corrected chi connectivity index (χ3v) is 2.40. The van der Waals surface area contributed by atoms with Crippen LogP contribution in [0.3, 0.4) is 0 Å². The van der Waals surface area contributed by atoms with Gasteiger partial charge in [0.2, 0.25) is 5.65 Å². The van der Waals surface area contributed by atoms with E-state index in [1.165, 1.54) is 4.40 Å². The molecule has 6 nitrogen and oxygen atoms in total. The number of anilines is 1. The van der Waals surface area contributed by atoms with Gasteiger partial charge in [-0.25, -0.2) is 4.98 Å². The predicted octanol–water partition coefficient (Wildman–Crippen LogP) is 1.95. The molecule has 2 rings (SSSR count). The quantitative estimate of drug-likeness (QED) is 0.619. The summed E-state index contributed by atoms with van der Waals surface area (Å²) < 4.78 is 1.42. The van der Waals surface area contributed by atoms with Crippen LogP contribution in [0.1, 0.15) is 25.5 Å². The zero-order chi connectivity index (χ0) is 11.9. The first-order chi connectivity index (χ1) is 7.52. The molecule has 6 heteroatoms. The van der Waals surface area contributed by atoms with Crippen molar-refractivity contribution in [3.8, 4) is 0 Å². The van der Waals surface area contributed by atoms with Gasteiger partial charge in [-0.15, -0.1) is 0 Å². The molecule has 2 aromatic heterocycles. The van der Waals surface area contributed by atoms with E-state index in [-0.39, 0.29) is 11.7 Å². The summed E-state index contributed by atoms with van der Waals surface area (Å²) in [5, 5.41) is 11.0. The molecule has 0 amide bonds. The lowest BCUT2D eigenvalue weighted by Gasteiger charge is -1.99. The molecule has 0 aliphatic heterocycles. The number of imidazole rings is 1. The lowest BCUT2D eigenvalue weighted by Crippen LogP contribution is -1.99. The Balaban J connectivity index is 2.86. The molecule has 0 aromatic carbocycles. The molecule has 0 bridgehead atoms. The van der Waals surface area contributed by atoms with Crippen LogP contribution in [0.5, 0.6) is 0 Å². The number of nitrogens with two attached hydrogens (primary N) is 1. The van der Waals surface area contributed by atoms with Gasteiger partial charge in [0.25, 0.3) is 0 Å². The minimum atomic E-state index is -0.422. The van der Waals surface area contributed by atoms with Crippen molar-refractivity contribution in [2.75, 3.05) is 5.73 Å². The highest BCUT2D eigenvalue weighted by atomic mass is 16.6. The van der Waals surface area contributed by atoms with E-state index in [1.807, 2.05) is 13.8 Å². The van der Waals surface area contributed by atoms with Crippen molar-refractivity contribution >= 4 is 17.2 Å². The first-order valence-electron chi connectivity index (χ1n) is 4.93. The number of nitrogens with zero attached hydrogens (tertiary/aromatic N) is 3. The second-order valence-corrected chi connectivity index (χ2v) is 3.89. The predicted molar refractivity (Wildman–Crippen MR) is 60.3 cm³/mol. The van der Waals surface area contributed by atoms with E-state index >= 15 is 0 Å². The smallest absolute Gasteiger partial charge is 0.351 e. The Morgan fingerprint density at radius 1 is 1.56 bits per heavy atom. The average Bonchev–Trinajstić information content (AvgIpc) is 2.58. The number of aromatic nitrogens is 2. The summed E-state index contributed by atoms with van der Waals surface area (Å²) in [5.41, 5.74) is 7.08. The lowest BCUT2D eigenvalue weighted by molar-refractivity contribution is -0.391. The monoisotopic (exact) mass is 220 g/mol. The largest absolute Gasteiger partial charge is 0.394 e. The van der Waals surface area contributed by atoms with Gasteiger partial charge in [0, 0.05) is 5.92 Å². The molecule has 2 aromatic rings. The van der Waals surface area contributed by atoms with E-state index < -0.39 is 4.92 Å². The number of pyridine rings is 1. The molecule has 2 heterocycles. The number of rotatable bonds is 2. The minimum Gasteiger partial charge on any atom is -0.394 e. The Bertz CT molecular complexity index is 559. The first-order valence-corrected chi connectivity index (χ1v) is 4.93. The number of fused-ring (bicyclic) bond motifs is 1. The van der Waals surface area contributed by atoms with Gasteiger partial charge in [0.1, 0.15) is 11.4 Å². The molecule has 0 aliphatic carbocycles. The van der Waals surface area contributed by atoms with Crippen LogP contribution in [-0.4, -0.2) is 14.3 Å². The van der Waals surface area contributed by atoms with Crippen molar-refractivity contribution in [1.29, 1.82) is 0 Å². The zero-order valence-electron chi connectivity index (χ0n) is 9.04. The molecule has 0 saturated heterocycles. The normalized spacial score (nSPS) is 11.2. The number of hydrogen-bond donors (Lipinski definition) is 1. The molecular weight excluding hydrogens is 208 g/mol. The van der Waals surface area contributed by atoms with Crippen molar-refractivity contribution in [3.05, 3.63) is 34.1 Å². The molecule has 0 radical (unpaired) electrons. The van der Waals surface area contributed by atoms with Gasteiger partial charge in [0.15, 0.2) is 0 Å². The van der Waals surface area contributed by atoms with Gasteiger partial charge < -0.3 is 15.8 Å². The topological polar surface area (TPSA) is 86.5 Å². The Morgan fingerprint density at radius 2 is 2.25 bits per heavy atom. The standard InChI is InChI=1S/C10H12N4O2/c1-6(2)8-10(14(15)16)13-5-3-4-7(11)9(13)12-8/h3-6H,11H2,1-2H3. The summed E-state index contributed by atoms with van der Waals surface area (Å²) in [4.78, 5) is 14.8. The van der Waals surface area contributed by atoms with Gasteiger partial charge in [-0.2, -0.15) is 4.40 Å². The summed E-state index contributed by atoms with van der Waals surface area (Å²) in [7, 11) is 0. The zero-order valence-corrected chi connectivity index (χ0v) is 9.04. The summed E-state index contributed by atoms with van der Waals surface area (Å²) >= 11 is 0. The van der Waals surface area contributed by atoms with Crippen LogP contribution in [-0.2, 0) is 0 Å². The van der Waals surface area contributed by atoms with Crippen molar-refractivity contribution in [2.45, 2.75) is 19.8 Å². The average molecular weight is 220 g/mol. The number of nitrogen functional groups attached to an aromatic ring is 1. The molecule has 2 N–H and O–H groups in total. The molecule has 84 valence electrons. The van der Waals surface area contributed by atoms with Crippen LogP contribution in [0.25, 0.3) is 5.65 Å². The van der Waals surface area contributed by atoms with Crippen LogP contribution >= 0.6 is 0 Å². The van der Waals surface area contributed by atoms with Crippen molar-refractivity contribution in [3.63, 3.8) is 0 Å². The lowest BCUT2D eigenvalue weighted by atomic mass is 10.1. The molecule has 0 fully saturated rings. The first kappa shape index (κ1) is 10.4. The van der Waals surface area contributed by atoms with E-state index in [4.69, 9.17) is 5.73 Å². The second kappa shape index (κ2) is 3.48. The molecule has 0 unspecified atom stereocenters. The molecule has 0 saturated carbocycles. The van der Waals surface area contributed by atoms with Crippen LogP contribution in [0.2, 0.25) is 0 Å². The fraction of sp³-hybridized carbons (Fsp3) is 0.300. The Kier molecular flexibility index (Phi) is 2.26. The van der Waals surface area contributed by atoms with Crippen LogP contribution in [0, 0.1) is 10.1 Å². The van der Waals surface area contributed by atoms with E-state index in [0.29, 0.717) is 17.0 Å². The maximum Gasteiger partial charge on any atom is 0.351 e. The maximum atomic E-state index is 11.0. The number of hydrogen-bond acceptors (Lipinski definition) is 4. The third-order valence-electron chi connectivity index (χ3n) is 2.40. The van der Waals surface area contributed by atoms with Crippen LogP contribution in [0.4, 0.5) is 11.5 Å². The van der Waals surface area contributed by atoms with E-state index in [2.05, 4.69) is 4.98 Å². The SMILES string of the molecule is CC(C)c1nc2c(N)cccn2c1[N+](=O)[O-]. The molecular formula is C10H12N4O2. The Hall–Kier alpha value is -2.11. The van der Waals surface area contributed by atoms with Crippen molar-refractivity contribution in [2.24, 2.45) is 0 Å². The van der Waals surface area contributed by atoms with Gasteiger partial charge in [-0.3, -0.25) is 0 Å². The van der Waals surface area contributed by atoms with Crippen LogP contribution < -0.4 is 5.73 Å². The minimum absolute atomic E-state index is 0.00250. The molecule has 0 spiro atoms. The Labute approximate surface area is 91.9 Å². The molecule has 0 aliphatic rings. The summed E-state index contributed by atoms with van der Waals surface area (Å²) in [6.07, 6.45) is 1.60. The highest BCUT2D eigenvalue weighted by Gasteiger charge is 2.25. The van der Waals surface area contributed by atoms with E-state index in [9.17, 15) is 10.1 Å². The Morgan fingerprint density at radius 3 is 2.81 bits per heavy atom. The van der Waals surface area contributed by atoms with Gasteiger partial charge >= 0.3 is 5.82 Å². The second-order valence-electron chi connectivity index (χ2n) is 3.89. The highest BCUT2D eigenvalue weighted by molar-refractivity contribution is 5.67. The summed E-state index contributed by atoms with van der Waals surface area (Å²) in [6, 6.07) is 3.34. The summed E-state index contributed by atoms with van der Waals surface area (Å²) in [5.74, 6) is -0.0167. The summed E-state index contributed by atoms with van der Waals surface area (Å²) in [6.45, 7) is 3.73. The fourth-order valence-electron chi connectivity index (χ4n) is 1.66. The highest BCUT2D eigenvalue weighted by Crippen LogP contribution is 2.28. The van der Waals surface area contributed by atoms with E-state index in [1.54, 1.807) is 18.3 Å². The molecule has 0 atom stereocenters. The van der Waals surface area contributed by atoms with Gasteiger partial charge in [0.05, 0.1) is 6.20 Å². The van der Waals surface area contributed by atoms with Gasteiger partial charge in [-0.1, -0.05) is 13.8 Å². The van der Waals surface area contributed by atoms with E-state index in [0.717, 1.165) is 0 Å². The van der Waals surface area contributed by atoms with Gasteiger partial charge in [-0.05, 0) is 17.1 Å². The van der Waals surface area contributed by atoms with Crippen molar-refractivity contribution < 1.29 is 4.92 Å². The van der Waals surface area contributed by atoms with Crippen LogP contribution in [0.15, 0.2) is 18.3 Å². The third kappa shape index (κ3) is 1.39. The van der Waals surface area contributed by atoms with Crippen molar-refractivity contribution in [1.82, 2.24) is 9.38 Å².